The molecule has 1 aromatic heterocycles. The average molecular weight is 269 g/mol. The zero-order valence-electron chi connectivity index (χ0n) is 11.7. The molecule has 0 atom stereocenters. The second kappa shape index (κ2) is 5.51. The van der Waals surface area contributed by atoms with Gasteiger partial charge in [0, 0.05) is 30.5 Å². The summed E-state index contributed by atoms with van der Waals surface area (Å²) < 4.78 is 5.39. The smallest absolute Gasteiger partial charge is 0.0642 e. The molecule has 0 bridgehead atoms. The third kappa shape index (κ3) is 2.60. The van der Waals surface area contributed by atoms with Gasteiger partial charge < -0.3 is 15.4 Å². The van der Waals surface area contributed by atoms with E-state index in [4.69, 9.17) is 10.5 Å². The molecule has 1 aromatic carbocycles. The molecule has 0 radical (unpaired) electrons. The highest BCUT2D eigenvalue weighted by molar-refractivity contribution is 5.73. The van der Waals surface area contributed by atoms with Crippen molar-refractivity contribution in [2.24, 2.45) is 0 Å². The predicted octanol–water partition coefficient (Wildman–Crippen LogP) is 2.48. The third-order valence-electron chi connectivity index (χ3n) is 3.67. The Hall–Kier alpha value is -2.07. The molecule has 2 aromatic rings. The fourth-order valence-electron chi connectivity index (χ4n) is 2.52. The minimum absolute atomic E-state index is 0.779. The summed E-state index contributed by atoms with van der Waals surface area (Å²) in [4.78, 5) is 6.69. The molecule has 0 amide bonds. The summed E-state index contributed by atoms with van der Waals surface area (Å²) in [6.45, 7) is 5.49. The number of aryl methyl sites for hydroxylation is 1. The number of anilines is 2. The van der Waals surface area contributed by atoms with Crippen LogP contribution in [0.5, 0.6) is 0 Å². The molecule has 4 nitrogen and oxygen atoms in total. The number of nitrogens with zero attached hydrogens (tertiary/aromatic N) is 2. The van der Waals surface area contributed by atoms with Gasteiger partial charge in [0.2, 0.25) is 0 Å². The van der Waals surface area contributed by atoms with Gasteiger partial charge in [0.1, 0.15) is 0 Å². The number of rotatable bonds is 2. The van der Waals surface area contributed by atoms with E-state index in [2.05, 4.69) is 22.9 Å². The van der Waals surface area contributed by atoms with E-state index < -0.39 is 0 Å². The quantitative estimate of drug-likeness (QED) is 0.851. The van der Waals surface area contributed by atoms with E-state index >= 15 is 0 Å². The Morgan fingerprint density at radius 1 is 1.15 bits per heavy atom. The van der Waals surface area contributed by atoms with Crippen LogP contribution in [-0.2, 0) is 4.74 Å². The monoisotopic (exact) mass is 269 g/mol. The molecule has 2 heterocycles. The molecule has 1 fully saturated rings. The van der Waals surface area contributed by atoms with Crippen molar-refractivity contribution in [3.8, 4) is 11.1 Å². The van der Waals surface area contributed by atoms with Gasteiger partial charge in [0.25, 0.3) is 0 Å². The van der Waals surface area contributed by atoms with Crippen LogP contribution in [0.15, 0.2) is 36.7 Å². The summed E-state index contributed by atoms with van der Waals surface area (Å²) in [7, 11) is 0. The lowest BCUT2D eigenvalue weighted by molar-refractivity contribution is 0.122. The van der Waals surface area contributed by atoms with Crippen LogP contribution in [0, 0.1) is 6.92 Å². The van der Waals surface area contributed by atoms with Crippen molar-refractivity contribution in [3.05, 3.63) is 42.2 Å². The molecule has 0 spiro atoms. The third-order valence-corrected chi connectivity index (χ3v) is 3.67. The number of pyridine rings is 1. The first-order valence-electron chi connectivity index (χ1n) is 6.88. The zero-order valence-corrected chi connectivity index (χ0v) is 11.7. The summed E-state index contributed by atoms with van der Waals surface area (Å²) in [5.74, 6) is 0. The maximum atomic E-state index is 5.90. The van der Waals surface area contributed by atoms with Gasteiger partial charge in [0.05, 0.1) is 25.1 Å². The van der Waals surface area contributed by atoms with E-state index in [0.29, 0.717) is 0 Å². The highest BCUT2D eigenvalue weighted by atomic mass is 16.5. The van der Waals surface area contributed by atoms with Gasteiger partial charge in [-0.25, -0.2) is 0 Å². The lowest BCUT2D eigenvalue weighted by Gasteiger charge is -2.28. The molecule has 104 valence electrons. The number of nitrogen functional groups attached to an aromatic ring is 1. The lowest BCUT2D eigenvalue weighted by Crippen LogP contribution is -2.36. The molecular formula is C16H19N3O. The lowest BCUT2D eigenvalue weighted by atomic mass is 10.0. The van der Waals surface area contributed by atoms with Gasteiger partial charge in [-0.05, 0) is 36.2 Å². The van der Waals surface area contributed by atoms with Crippen molar-refractivity contribution >= 4 is 11.4 Å². The molecule has 0 saturated carbocycles. The van der Waals surface area contributed by atoms with Gasteiger partial charge in [0.15, 0.2) is 0 Å². The number of ether oxygens (including phenoxy) is 1. The summed E-state index contributed by atoms with van der Waals surface area (Å²) >= 11 is 0. The summed E-state index contributed by atoms with van der Waals surface area (Å²) in [6, 6.07) is 8.17. The van der Waals surface area contributed by atoms with Crippen molar-refractivity contribution in [1.82, 2.24) is 4.98 Å². The maximum Gasteiger partial charge on any atom is 0.0642 e. The van der Waals surface area contributed by atoms with Crippen LogP contribution in [-0.4, -0.2) is 31.3 Å². The first-order valence-corrected chi connectivity index (χ1v) is 6.88. The predicted molar refractivity (Wildman–Crippen MR) is 81.9 cm³/mol. The Bertz CT molecular complexity index is 606. The van der Waals surface area contributed by atoms with E-state index in [1.165, 1.54) is 5.56 Å². The van der Waals surface area contributed by atoms with E-state index in [1.54, 1.807) is 0 Å². The molecule has 0 aliphatic carbocycles. The highest BCUT2D eigenvalue weighted by Gasteiger charge is 2.12. The molecule has 3 rings (SSSR count). The SMILES string of the molecule is Cc1ccc(N)cc1-c1cncc(N2CCOCC2)c1. The van der Waals surface area contributed by atoms with Crippen molar-refractivity contribution in [3.63, 3.8) is 0 Å². The minimum Gasteiger partial charge on any atom is -0.399 e. The molecule has 4 heteroatoms. The Balaban J connectivity index is 1.96. The topological polar surface area (TPSA) is 51.4 Å². The van der Waals surface area contributed by atoms with Crippen molar-refractivity contribution in [1.29, 1.82) is 0 Å². The van der Waals surface area contributed by atoms with E-state index in [9.17, 15) is 0 Å². The van der Waals surface area contributed by atoms with Gasteiger partial charge in [-0.15, -0.1) is 0 Å². The summed E-state index contributed by atoms with van der Waals surface area (Å²) in [5.41, 5.74) is 11.3. The minimum atomic E-state index is 0.779. The summed E-state index contributed by atoms with van der Waals surface area (Å²) in [6.07, 6.45) is 3.81. The number of nitrogens with two attached hydrogens (primary N) is 1. The Morgan fingerprint density at radius 2 is 1.95 bits per heavy atom. The van der Waals surface area contributed by atoms with Crippen molar-refractivity contribution < 1.29 is 4.74 Å². The van der Waals surface area contributed by atoms with Gasteiger partial charge >= 0.3 is 0 Å². The molecular weight excluding hydrogens is 250 g/mol. The Kier molecular flexibility index (Phi) is 3.56. The van der Waals surface area contributed by atoms with Crippen molar-refractivity contribution in [2.75, 3.05) is 36.9 Å². The van der Waals surface area contributed by atoms with E-state index in [-0.39, 0.29) is 0 Å². The highest BCUT2D eigenvalue weighted by Crippen LogP contribution is 2.28. The number of hydrogen-bond donors (Lipinski definition) is 1. The van der Waals surface area contributed by atoms with Crippen LogP contribution in [0.3, 0.4) is 0 Å². The van der Waals surface area contributed by atoms with E-state index in [1.807, 2.05) is 30.6 Å². The first-order chi connectivity index (χ1) is 9.74. The number of aromatic nitrogens is 1. The Morgan fingerprint density at radius 3 is 2.75 bits per heavy atom. The second-order valence-corrected chi connectivity index (χ2v) is 5.11. The Labute approximate surface area is 119 Å². The number of hydrogen-bond acceptors (Lipinski definition) is 4. The molecule has 20 heavy (non-hydrogen) atoms. The van der Waals surface area contributed by atoms with Crippen LogP contribution in [0.4, 0.5) is 11.4 Å². The number of benzene rings is 1. The van der Waals surface area contributed by atoms with Crippen LogP contribution in [0.25, 0.3) is 11.1 Å². The van der Waals surface area contributed by atoms with Gasteiger partial charge in [-0.1, -0.05) is 6.07 Å². The average Bonchev–Trinajstić information content (AvgIpc) is 2.51. The fraction of sp³-hybridized carbons (Fsp3) is 0.312. The maximum absolute atomic E-state index is 5.90. The standard InChI is InChI=1S/C16H19N3O/c1-12-2-3-14(17)9-16(12)13-8-15(11-18-10-13)19-4-6-20-7-5-19/h2-3,8-11H,4-7,17H2,1H3. The van der Waals surface area contributed by atoms with Crippen LogP contribution in [0.1, 0.15) is 5.56 Å². The normalized spacial score (nSPS) is 15.3. The van der Waals surface area contributed by atoms with Crippen LogP contribution >= 0.6 is 0 Å². The van der Waals surface area contributed by atoms with Gasteiger partial charge in [-0.3, -0.25) is 4.98 Å². The molecule has 0 unspecified atom stereocenters. The fourth-order valence-corrected chi connectivity index (χ4v) is 2.52. The first kappa shape index (κ1) is 12.9. The van der Waals surface area contributed by atoms with Gasteiger partial charge in [-0.2, -0.15) is 0 Å². The zero-order chi connectivity index (χ0) is 13.9. The largest absolute Gasteiger partial charge is 0.399 e. The second-order valence-electron chi connectivity index (χ2n) is 5.11. The van der Waals surface area contributed by atoms with E-state index in [0.717, 1.165) is 48.8 Å². The molecule has 2 N–H and O–H groups in total. The van der Waals surface area contributed by atoms with Crippen LogP contribution < -0.4 is 10.6 Å². The molecule has 1 aliphatic rings. The molecule has 1 saturated heterocycles. The summed E-state index contributed by atoms with van der Waals surface area (Å²) in [5, 5.41) is 0. The molecule has 1 aliphatic heterocycles. The van der Waals surface area contributed by atoms with Crippen LogP contribution in [0.2, 0.25) is 0 Å². The van der Waals surface area contributed by atoms with Crippen molar-refractivity contribution in [2.45, 2.75) is 6.92 Å². The number of morpholine rings is 1.